The molecule has 1 aliphatic heterocycles. The first-order valence-electron chi connectivity index (χ1n) is 9.83. The summed E-state index contributed by atoms with van der Waals surface area (Å²) in [5, 5.41) is 7.83. The fourth-order valence-corrected chi connectivity index (χ4v) is 3.73. The average molecular weight is 380 g/mol. The molecule has 0 radical (unpaired) electrons. The van der Waals surface area contributed by atoms with Gasteiger partial charge in [-0.15, -0.1) is 0 Å². The molecule has 28 heavy (non-hydrogen) atoms. The number of aldehydes is 1. The van der Waals surface area contributed by atoms with E-state index in [9.17, 15) is 4.79 Å². The summed E-state index contributed by atoms with van der Waals surface area (Å²) in [6, 6.07) is 16.3. The van der Waals surface area contributed by atoms with Crippen LogP contribution in [-0.4, -0.2) is 38.1 Å². The van der Waals surface area contributed by atoms with Gasteiger partial charge in [0, 0.05) is 55.3 Å². The highest BCUT2D eigenvalue weighted by atomic mass is 16.5. The van der Waals surface area contributed by atoms with Crippen molar-refractivity contribution < 1.29 is 9.53 Å². The third-order valence-electron chi connectivity index (χ3n) is 5.13. The topological polar surface area (TPSA) is 55.3 Å². The number of nitrogens with one attached hydrogen (secondary N) is 2. The largest absolute Gasteiger partial charge is 0.497 e. The van der Waals surface area contributed by atoms with E-state index in [1.54, 1.807) is 7.11 Å². The minimum Gasteiger partial charge on any atom is -0.497 e. The molecule has 0 saturated carbocycles. The average Bonchev–Trinajstić information content (AvgIpc) is 2.89. The van der Waals surface area contributed by atoms with E-state index in [0.29, 0.717) is 6.42 Å². The van der Waals surface area contributed by atoms with E-state index in [0.717, 1.165) is 50.2 Å². The van der Waals surface area contributed by atoms with E-state index in [4.69, 9.17) is 4.74 Å². The van der Waals surface area contributed by atoms with Crippen LogP contribution >= 0.6 is 0 Å². The van der Waals surface area contributed by atoms with Gasteiger partial charge in [0.15, 0.2) is 0 Å². The van der Waals surface area contributed by atoms with Gasteiger partial charge < -0.3 is 24.7 Å². The van der Waals surface area contributed by atoms with Crippen LogP contribution in [0.4, 0.5) is 5.69 Å². The second kappa shape index (κ2) is 9.95. The zero-order chi connectivity index (χ0) is 19.8. The molecule has 2 N–H and O–H groups in total. The lowest BCUT2D eigenvalue weighted by Gasteiger charge is -2.08. The van der Waals surface area contributed by atoms with Crippen LogP contribution in [0, 0.1) is 0 Å². The van der Waals surface area contributed by atoms with Crippen molar-refractivity contribution in [3.63, 3.8) is 0 Å². The Morgan fingerprint density at radius 2 is 1.86 bits per heavy atom. The number of aromatic nitrogens is 1. The van der Waals surface area contributed by atoms with Crippen LogP contribution in [0.1, 0.15) is 17.7 Å². The van der Waals surface area contributed by atoms with Crippen LogP contribution < -0.4 is 15.4 Å². The second-order valence-corrected chi connectivity index (χ2v) is 6.78. The zero-order valence-corrected chi connectivity index (χ0v) is 16.7. The van der Waals surface area contributed by atoms with Gasteiger partial charge in [0.25, 0.3) is 0 Å². The maximum absolute atomic E-state index is 10.6. The quantitative estimate of drug-likeness (QED) is 0.665. The van der Waals surface area contributed by atoms with E-state index < -0.39 is 0 Å². The fourth-order valence-electron chi connectivity index (χ4n) is 3.73. The Morgan fingerprint density at radius 1 is 1.11 bits per heavy atom. The Hall–Kier alpha value is -2.79. The molecule has 0 spiro atoms. The molecular weight excluding hydrogens is 350 g/mol. The third kappa shape index (κ3) is 4.54. The highest BCUT2D eigenvalue weighted by Gasteiger charge is 2.17. The molecule has 0 bridgehead atoms. The van der Waals surface area contributed by atoms with Gasteiger partial charge in [0.2, 0.25) is 0 Å². The van der Waals surface area contributed by atoms with Gasteiger partial charge in [0.1, 0.15) is 12.0 Å². The molecule has 0 amide bonds. The maximum atomic E-state index is 10.6. The number of anilines is 1. The number of benzene rings is 2. The molecule has 5 nitrogen and oxygen atoms in total. The van der Waals surface area contributed by atoms with Crippen LogP contribution in [0.25, 0.3) is 10.9 Å². The molecule has 0 atom stereocenters. The fraction of sp³-hybridized carbons (Fsp3) is 0.348. The van der Waals surface area contributed by atoms with E-state index in [1.165, 1.54) is 22.2 Å². The smallest absolute Gasteiger partial charge is 0.121 e. The summed E-state index contributed by atoms with van der Waals surface area (Å²) in [4.78, 5) is 10.6. The van der Waals surface area contributed by atoms with Crippen LogP contribution in [0.15, 0.2) is 48.5 Å². The normalized spacial score (nSPS) is 13.1. The van der Waals surface area contributed by atoms with Gasteiger partial charge in [-0.25, -0.2) is 0 Å². The number of hydrogen-bond donors (Lipinski definition) is 2. The summed E-state index contributed by atoms with van der Waals surface area (Å²) >= 11 is 0. The summed E-state index contributed by atoms with van der Waals surface area (Å²) in [5.74, 6) is 0.888. The van der Waals surface area contributed by atoms with E-state index in [1.807, 2.05) is 31.3 Å². The summed E-state index contributed by atoms with van der Waals surface area (Å²) < 4.78 is 7.33. The third-order valence-corrected chi connectivity index (χ3v) is 5.13. The van der Waals surface area contributed by atoms with Gasteiger partial charge in [-0.05, 0) is 48.9 Å². The number of methoxy groups -OCH3 is 1. The summed E-state index contributed by atoms with van der Waals surface area (Å²) in [5.41, 5.74) is 5.27. The molecule has 2 heterocycles. The number of carbonyl (C=O) groups is 1. The number of para-hydroxylation sites is 1. The molecule has 0 saturated heterocycles. The Balaban J connectivity index is 0.000000192. The molecule has 0 fully saturated rings. The van der Waals surface area contributed by atoms with Crippen LogP contribution in [0.2, 0.25) is 0 Å². The van der Waals surface area contributed by atoms with Crippen molar-refractivity contribution in [3.05, 3.63) is 59.8 Å². The highest BCUT2D eigenvalue weighted by Crippen LogP contribution is 2.28. The van der Waals surface area contributed by atoms with Crippen molar-refractivity contribution in [2.75, 3.05) is 32.6 Å². The zero-order valence-electron chi connectivity index (χ0n) is 16.7. The highest BCUT2D eigenvalue weighted by molar-refractivity contribution is 5.85. The SMILES string of the molecule is CNc1ccc(OC)cc1.O=CCCn1c2c(c3ccccc31)CCNCC2. The lowest BCUT2D eigenvalue weighted by atomic mass is 10.1. The van der Waals surface area contributed by atoms with Gasteiger partial charge in [-0.3, -0.25) is 0 Å². The van der Waals surface area contributed by atoms with Crippen LogP contribution in [0.3, 0.4) is 0 Å². The van der Waals surface area contributed by atoms with Gasteiger partial charge in [0.05, 0.1) is 7.11 Å². The lowest BCUT2D eigenvalue weighted by Crippen LogP contribution is -2.17. The molecule has 2 aromatic carbocycles. The summed E-state index contributed by atoms with van der Waals surface area (Å²) in [6.07, 6.45) is 3.75. The Morgan fingerprint density at radius 3 is 2.57 bits per heavy atom. The van der Waals surface area contributed by atoms with Crippen LogP contribution in [0.5, 0.6) is 5.75 Å². The molecule has 1 aliphatic rings. The van der Waals surface area contributed by atoms with E-state index in [2.05, 4.69) is 39.5 Å². The molecule has 1 aromatic heterocycles. The first-order chi connectivity index (χ1) is 13.8. The number of nitrogens with zero attached hydrogens (tertiary/aromatic N) is 1. The Bertz CT molecular complexity index is 877. The van der Waals surface area contributed by atoms with E-state index in [-0.39, 0.29) is 0 Å². The van der Waals surface area contributed by atoms with Crippen LogP contribution in [-0.2, 0) is 24.2 Å². The van der Waals surface area contributed by atoms with Crippen molar-refractivity contribution >= 4 is 22.9 Å². The Labute approximate surface area is 166 Å². The number of aryl methyl sites for hydroxylation is 1. The van der Waals surface area contributed by atoms with Crippen molar-refractivity contribution in [2.24, 2.45) is 0 Å². The van der Waals surface area contributed by atoms with Crippen molar-refractivity contribution in [3.8, 4) is 5.75 Å². The molecule has 0 aliphatic carbocycles. The molecule has 5 heteroatoms. The summed E-state index contributed by atoms with van der Waals surface area (Å²) in [7, 11) is 3.55. The Kier molecular flexibility index (Phi) is 7.09. The number of carbonyl (C=O) groups excluding carboxylic acids is 1. The molecule has 3 aromatic rings. The lowest BCUT2D eigenvalue weighted by molar-refractivity contribution is -0.108. The predicted molar refractivity (Wildman–Crippen MR) is 115 cm³/mol. The minimum atomic E-state index is 0.596. The maximum Gasteiger partial charge on any atom is 0.121 e. The van der Waals surface area contributed by atoms with Crippen molar-refractivity contribution in [2.45, 2.75) is 25.8 Å². The first-order valence-corrected chi connectivity index (χ1v) is 9.83. The molecule has 4 rings (SSSR count). The molecular formula is C23H29N3O2. The van der Waals surface area contributed by atoms with Gasteiger partial charge >= 0.3 is 0 Å². The van der Waals surface area contributed by atoms with Gasteiger partial charge in [-0.1, -0.05) is 18.2 Å². The van der Waals surface area contributed by atoms with Crippen molar-refractivity contribution in [1.82, 2.24) is 9.88 Å². The summed E-state index contributed by atoms with van der Waals surface area (Å²) in [6.45, 7) is 2.89. The second-order valence-electron chi connectivity index (χ2n) is 6.78. The standard InChI is InChI=1S/C15H18N2O.C8H11NO/c18-11-3-10-17-14-5-2-1-4-12(14)13-6-8-16-9-7-15(13)17;1-9-7-3-5-8(10-2)6-4-7/h1-2,4-5,11,16H,3,6-10H2;3-6,9H,1-2H3. The van der Waals surface area contributed by atoms with Crippen molar-refractivity contribution in [1.29, 1.82) is 0 Å². The van der Waals surface area contributed by atoms with Gasteiger partial charge in [-0.2, -0.15) is 0 Å². The number of rotatable bonds is 5. The molecule has 148 valence electrons. The number of hydrogen-bond acceptors (Lipinski definition) is 4. The predicted octanol–water partition coefficient (Wildman–Crippen LogP) is 3.66. The number of fused-ring (bicyclic) bond motifs is 3. The monoisotopic (exact) mass is 379 g/mol. The minimum absolute atomic E-state index is 0.596. The van der Waals surface area contributed by atoms with E-state index >= 15 is 0 Å². The number of ether oxygens (including phenoxy) is 1. The first kappa shape index (κ1) is 20.0. The molecule has 0 unspecified atom stereocenters.